The van der Waals surface area contributed by atoms with Crippen molar-refractivity contribution in [2.45, 2.75) is 24.7 Å². The van der Waals surface area contributed by atoms with Gasteiger partial charge in [0.2, 0.25) is 10.0 Å². The molecule has 9 heteroatoms. The highest BCUT2D eigenvalue weighted by Gasteiger charge is 2.33. The van der Waals surface area contributed by atoms with Crippen LogP contribution in [0.2, 0.25) is 0 Å². The summed E-state index contributed by atoms with van der Waals surface area (Å²) in [6.45, 7) is 3.79. The summed E-state index contributed by atoms with van der Waals surface area (Å²) in [6, 6.07) is 20.3. The minimum Gasteiger partial charge on any atom is -0.457 e. The molecule has 8 nitrogen and oxygen atoms in total. The van der Waals surface area contributed by atoms with Crippen LogP contribution in [-0.2, 0) is 24.3 Å². The molecule has 0 fully saturated rings. The van der Waals surface area contributed by atoms with E-state index >= 15 is 0 Å². The lowest BCUT2D eigenvalue weighted by Gasteiger charge is -2.26. The van der Waals surface area contributed by atoms with Gasteiger partial charge in [0.05, 0.1) is 4.90 Å². The highest BCUT2D eigenvalue weighted by Crippen LogP contribution is 2.44. The summed E-state index contributed by atoms with van der Waals surface area (Å²) in [7, 11) is -3.59. The van der Waals surface area contributed by atoms with Crippen molar-refractivity contribution >= 4 is 27.6 Å². The maximum absolute atomic E-state index is 13.0. The molecule has 0 atom stereocenters. The van der Waals surface area contributed by atoms with Crippen LogP contribution in [-0.4, -0.2) is 44.3 Å². The lowest BCUT2D eigenvalue weighted by Crippen LogP contribution is -2.30. The quantitative estimate of drug-likeness (QED) is 0.473. The Morgan fingerprint density at radius 3 is 1.97 bits per heavy atom. The number of anilines is 1. The average molecular weight is 495 g/mol. The fraction of sp³-hybridized carbons (Fsp3) is 0.231. The first-order valence-electron chi connectivity index (χ1n) is 11.3. The molecule has 3 aromatic rings. The molecular weight excluding hydrogens is 468 g/mol. The zero-order valence-corrected chi connectivity index (χ0v) is 20.2. The lowest BCUT2D eigenvalue weighted by molar-refractivity contribution is -0.148. The van der Waals surface area contributed by atoms with Crippen LogP contribution in [0.4, 0.5) is 5.69 Å². The fourth-order valence-corrected chi connectivity index (χ4v) is 5.46. The molecule has 0 spiro atoms. The lowest BCUT2D eigenvalue weighted by atomic mass is 9.88. The van der Waals surface area contributed by atoms with E-state index in [2.05, 4.69) is 5.32 Å². The second-order valence-corrected chi connectivity index (χ2v) is 9.82. The maximum atomic E-state index is 13.0. The van der Waals surface area contributed by atoms with Gasteiger partial charge in [-0.05, 0) is 36.4 Å². The third kappa shape index (κ3) is 5.06. The summed E-state index contributed by atoms with van der Waals surface area (Å²) in [5.41, 5.74) is 1.73. The highest BCUT2D eigenvalue weighted by atomic mass is 32.2. The zero-order chi connectivity index (χ0) is 25.0. The Kier molecular flexibility index (Phi) is 7.18. The molecule has 4 rings (SSSR count). The monoisotopic (exact) mass is 494 g/mol. The van der Waals surface area contributed by atoms with Crippen LogP contribution >= 0.6 is 0 Å². The molecule has 3 aromatic carbocycles. The summed E-state index contributed by atoms with van der Waals surface area (Å²) >= 11 is 0. The minimum absolute atomic E-state index is 0.141. The van der Waals surface area contributed by atoms with Crippen LogP contribution in [0.1, 0.15) is 30.9 Å². The fourth-order valence-electron chi connectivity index (χ4n) is 4.00. The van der Waals surface area contributed by atoms with Crippen molar-refractivity contribution in [2.24, 2.45) is 0 Å². The van der Waals surface area contributed by atoms with E-state index in [9.17, 15) is 18.0 Å². The predicted molar refractivity (Wildman–Crippen MR) is 131 cm³/mol. The van der Waals surface area contributed by atoms with Crippen molar-refractivity contribution in [3.63, 3.8) is 0 Å². The Bertz CT molecular complexity index is 1290. The molecular formula is C26H26N2O6S. The molecule has 182 valence electrons. The second-order valence-electron chi connectivity index (χ2n) is 7.88. The van der Waals surface area contributed by atoms with Crippen LogP contribution in [0.15, 0.2) is 77.7 Å². The minimum atomic E-state index is -3.59. The van der Waals surface area contributed by atoms with Gasteiger partial charge >= 0.3 is 5.97 Å². The molecule has 0 saturated carbocycles. The number of amides is 1. The van der Waals surface area contributed by atoms with Crippen LogP contribution in [0.25, 0.3) is 0 Å². The second kappa shape index (κ2) is 10.3. The van der Waals surface area contributed by atoms with E-state index in [-0.39, 0.29) is 4.90 Å². The number of benzene rings is 3. The number of nitrogens with one attached hydrogen (secondary N) is 1. The number of hydrogen-bond acceptors (Lipinski definition) is 6. The van der Waals surface area contributed by atoms with Gasteiger partial charge in [-0.1, -0.05) is 50.2 Å². The Labute approximate surface area is 204 Å². The third-order valence-corrected chi connectivity index (χ3v) is 7.81. The SMILES string of the molecule is CCN(CC)S(=O)(=O)c1ccc(NC(=O)COC(=O)C2c3ccccc3Oc3ccccc32)cc1. The maximum Gasteiger partial charge on any atom is 0.318 e. The smallest absolute Gasteiger partial charge is 0.318 e. The van der Waals surface area contributed by atoms with Gasteiger partial charge in [0, 0.05) is 29.9 Å². The Morgan fingerprint density at radius 1 is 0.886 bits per heavy atom. The first-order chi connectivity index (χ1) is 16.8. The molecule has 1 amide bonds. The molecule has 1 N–H and O–H groups in total. The number of carbonyl (C=O) groups excluding carboxylic acids is 2. The van der Waals surface area contributed by atoms with Gasteiger partial charge in [0.1, 0.15) is 17.4 Å². The van der Waals surface area contributed by atoms with Crippen molar-refractivity contribution in [1.82, 2.24) is 4.31 Å². The summed E-state index contributed by atoms with van der Waals surface area (Å²) in [5.74, 6) is -0.682. The molecule has 0 radical (unpaired) electrons. The number of hydrogen-bond donors (Lipinski definition) is 1. The molecule has 0 saturated heterocycles. The van der Waals surface area contributed by atoms with Gasteiger partial charge in [-0.15, -0.1) is 0 Å². The summed E-state index contributed by atoms with van der Waals surface area (Å²) in [5, 5.41) is 2.63. The molecule has 0 bridgehead atoms. The molecule has 0 unspecified atom stereocenters. The molecule has 0 aliphatic carbocycles. The number of sulfonamides is 1. The average Bonchev–Trinajstić information content (AvgIpc) is 2.86. The van der Waals surface area contributed by atoms with E-state index in [0.717, 1.165) is 0 Å². The van der Waals surface area contributed by atoms with Crippen molar-refractivity contribution in [2.75, 3.05) is 25.0 Å². The van der Waals surface area contributed by atoms with E-state index in [1.165, 1.54) is 28.6 Å². The number of carbonyl (C=O) groups is 2. The van der Waals surface area contributed by atoms with Gasteiger partial charge in [-0.25, -0.2) is 8.42 Å². The standard InChI is InChI=1S/C26H26N2O6S/c1-3-28(4-2)35(31,32)19-15-13-18(14-16-19)27-24(29)17-33-26(30)25-20-9-5-7-11-22(20)34-23-12-8-6-10-21(23)25/h5-16,25H,3-4,17H2,1-2H3,(H,27,29). The molecule has 1 aliphatic rings. The van der Waals surface area contributed by atoms with Crippen LogP contribution < -0.4 is 10.1 Å². The van der Waals surface area contributed by atoms with Gasteiger partial charge in [-0.2, -0.15) is 4.31 Å². The first kappa shape index (κ1) is 24.4. The third-order valence-electron chi connectivity index (χ3n) is 5.74. The largest absolute Gasteiger partial charge is 0.457 e. The van der Waals surface area contributed by atoms with Crippen molar-refractivity contribution in [3.8, 4) is 11.5 Å². The molecule has 1 heterocycles. The number of esters is 1. The summed E-state index contributed by atoms with van der Waals surface area (Å²) in [4.78, 5) is 25.6. The number of rotatable bonds is 8. The highest BCUT2D eigenvalue weighted by molar-refractivity contribution is 7.89. The molecule has 0 aromatic heterocycles. The van der Waals surface area contributed by atoms with E-state index in [1.54, 1.807) is 38.1 Å². The first-order valence-corrected chi connectivity index (χ1v) is 12.7. The Hall–Kier alpha value is -3.69. The van der Waals surface area contributed by atoms with Gasteiger partial charge in [-0.3, -0.25) is 9.59 Å². The normalized spacial score (nSPS) is 12.9. The topological polar surface area (TPSA) is 102 Å². The van der Waals surface area contributed by atoms with Crippen molar-refractivity contribution in [3.05, 3.63) is 83.9 Å². The van der Waals surface area contributed by atoms with Crippen LogP contribution in [0, 0.1) is 0 Å². The summed E-state index contributed by atoms with van der Waals surface area (Å²) in [6.07, 6.45) is 0. The Morgan fingerprint density at radius 2 is 1.43 bits per heavy atom. The van der Waals surface area contributed by atoms with Crippen molar-refractivity contribution < 1.29 is 27.5 Å². The summed E-state index contributed by atoms with van der Waals surface area (Å²) < 4.78 is 37.8. The zero-order valence-electron chi connectivity index (χ0n) is 19.4. The van der Waals surface area contributed by atoms with Gasteiger partial charge < -0.3 is 14.8 Å². The number of fused-ring (bicyclic) bond motifs is 2. The van der Waals surface area contributed by atoms with E-state index < -0.39 is 34.4 Å². The van der Waals surface area contributed by atoms with E-state index in [4.69, 9.17) is 9.47 Å². The van der Waals surface area contributed by atoms with E-state index in [1.807, 2.05) is 24.3 Å². The van der Waals surface area contributed by atoms with Crippen LogP contribution in [0.3, 0.4) is 0 Å². The van der Waals surface area contributed by atoms with E-state index in [0.29, 0.717) is 41.4 Å². The number of ether oxygens (including phenoxy) is 2. The van der Waals surface area contributed by atoms with Crippen LogP contribution in [0.5, 0.6) is 11.5 Å². The predicted octanol–water partition coefficient (Wildman–Crippen LogP) is 4.14. The Balaban J connectivity index is 1.42. The number of para-hydroxylation sites is 2. The molecule has 1 aliphatic heterocycles. The van der Waals surface area contributed by atoms with Gasteiger partial charge in [0.25, 0.3) is 5.91 Å². The van der Waals surface area contributed by atoms with Gasteiger partial charge in [0.15, 0.2) is 6.61 Å². The van der Waals surface area contributed by atoms with Crippen molar-refractivity contribution in [1.29, 1.82) is 0 Å². The number of nitrogens with zero attached hydrogens (tertiary/aromatic N) is 1. The molecule has 35 heavy (non-hydrogen) atoms.